The van der Waals surface area contributed by atoms with Gasteiger partial charge in [-0.25, -0.2) is 24.1 Å². The number of likely N-dealkylation sites (tertiary alicyclic amines) is 1. The SMILES string of the molecule is C[C@]1(O)CCN(C(=O)OCc2ccccc2)C[C@@H]1n1cnc2c(NCc3ccccc3F)ncnc21. The number of hydrogen-bond donors (Lipinski definition) is 2. The van der Waals surface area contributed by atoms with Gasteiger partial charge in [0.25, 0.3) is 0 Å². The highest BCUT2D eigenvalue weighted by Gasteiger charge is 2.41. The number of aliphatic hydroxyl groups is 1. The third-order valence-corrected chi connectivity index (χ3v) is 6.56. The molecule has 0 unspecified atom stereocenters. The predicted molar refractivity (Wildman–Crippen MR) is 132 cm³/mol. The van der Waals surface area contributed by atoms with Crippen molar-refractivity contribution >= 4 is 23.1 Å². The standard InChI is InChI=1S/C26H27FN6O3/c1-26(35)11-12-32(25(34)36-15-18-7-3-2-4-8-18)14-21(26)33-17-31-22-23(29-16-30-24(22)33)28-13-19-9-5-6-10-20(19)27/h2-10,16-17,21,35H,11-15H2,1H3,(H,28,29,30)/t21-,26-/m0/s1. The van der Waals surface area contributed by atoms with Gasteiger partial charge < -0.3 is 24.6 Å². The monoisotopic (exact) mass is 490 g/mol. The molecule has 1 aliphatic heterocycles. The van der Waals surface area contributed by atoms with Gasteiger partial charge in [0, 0.05) is 25.2 Å². The molecule has 0 saturated carbocycles. The van der Waals surface area contributed by atoms with Crippen LogP contribution >= 0.6 is 0 Å². The van der Waals surface area contributed by atoms with Crippen LogP contribution in [-0.4, -0.2) is 54.3 Å². The Morgan fingerprint density at radius 3 is 2.75 bits per heavy atom. The molecule has 186 valence electrons. The number of aromatic nitrogens is 4. The Morgan fingerprint density at radius 2 is 1.94 bits per heavy atom. The van der Waals surface area contributed by atoms with E-state index in [1.165, 1.54) is 12.4 Å². The minimum atomic E-state index is -1.10. The number of halogens is 1. The van der Waals surface area contributed by atoms with Crippen molar-refractivity contribution in [3.63, 3.8) is 0 Å². The molecule has 2 aromatic carbocycles. The molecule has 0 bridgehead atoms. The minimum absolute atomic E-state index is 0.176. The molecule has 2 aromatic heterocycles. The zero-order valence-electron chi connectivity index (χ0n) is 19.8. The number of rotatable bonds is 6. The van der Waals surface area contributed by atoms with Gasteiger partial charge in [0.2, 0.25) is 0 Å². The fourth-order valence-electron chi connectivity index (χ4n) is 4.42. The molecule has 1 saturated heterocycles. The summed E-state index contributed by atoms with van der Waals surface area (Å²) in [6.07, 6.45) is 2.91. The van der Waals surface area contributed by atoms with Crippen molar-refractivity contribution in [1.82, 2.24) is 24.4 Å². The van der Waals surface area contributed by atoms with Gasteiger partial charge in [-0.3, -0.25) is 0 Å². The molecule has 36 heavy (non-hydrogen) atoms. The van der Waals surface area contributed by atoms with Crippen molar-refractivity contribution in [3.8, 4) is 0 Å². The van der Waals surface area contributed by atoms with Gasteiger partial charge in [-0.05, 0) is 25.0 Å². The van der Waals surface area contributed by atoms with Crippen LogP contribution in [-0.2, 0) is 17.9 Å². The van der Waals surface area contributed by atoms with Gasteiger partial charge in [-0.15, -0.1) is 0 Å². The Bertz CT molecular complexity index is 1360. The molecule has 1 amide bonds. The smallest absolute Gasteiger partial charge is 0.410 e. The minimum Gasteiger partial charge on any atom is -0.445 e. The van der Waals surface area contributed by atoms with Crippen LogP contribution in [0.25, 0.3) is 11.2 Å². The average molecular weight is 491 g/mol. The number of carbonyl (C=O) groups excluding carboxylic acids is 1. The van der Waals surface area contributed by atoms with Crippen LogP contribution in [0, 0.1) is 5.82 Å². The summed E-state index contributed by atoms with van der Waals surface area (Å²) < 4.78 is 21.3. The van der Waals surface area contributed by atoms with Crippen molar-refractivity contribution in [2.45, 2.75) is 38.1 Å². The van der Waals surface area contributed by atoms with Gasteiger partial charge in [0.05, 0.1) is 18.0 Å². The number of fused-ring (bicyclic) bond motifs is 1. The topological polar surface area (TPSA) is 105 Å². The van der Waals surface area contributed by atoms with Crippen molar-refractivity contribution in [2.75, 3.05) is 18.4 Å². The number of nitrogens with zero attached hydrogens (tertiary/aromatic N) is 5. The van der Waals surface area contributed by atoms with Crippen LogP contribution < -0.4 is 5.32 Å². The maximum atomic E-state index is 14.0. The van der Waals surface area contributed by atoms with E-state index in [0.29, 0.717) is 35.5 Å². The first kappa shape index (κ1) is 23.7. The van der Waals surface area contributed by atoms with Crippen LogP contribution in [0.15, 0.2) is 67.3 Å². The van der Waals surface area contributed by atoms with E-state index in [0.717, 1.165) is 5.56 Å². The predicted octanol–water partition coefficient (Wildman–Crippen LogP) is 3.91. The number of anilines is 1. The summed E-state index contributed by atoms with van der Waals surface area (Å²) in [6.45, 7) is 2.75. The Kier molecular flexibility index (Phi) is 6.51. The number of imidazole rings is 1. The largest absolute Gasteiger partial charge is 0.445 e. The van der Waals surface area contributed by atoms with E-state index in [1.54, 1.807) is 40.9 Å². The lowest BCUT2D eigenvalue weighted by Crippen LogP contribution is -2.52. The average Bonchev–Trinajstić information content (AvgIpc) is 3.32. The maximum absolute atomic E-state index is 14.0. The van der Waals surface area contributed by atoms with E-state index in [9.17, 15) is 14.3 Å². The molecular formula is C26H27FN6O3. The van der Waals surface area contributed by atoms with Gasteiger partial charge in [0.15, 0.2) is 11.5 Å². The zero-order valence-corrected chi connectivity index (χ0v) is 19.8. The van der Waals surface area contributed by atoms with E-state index in [2.05, 4.69) is 20.3 Å². The number of piperidine rings is 1. The summed E-state index contributed by atoms with van der Waals surface area (Å²) in [5.41, 5.74) is 1.30. The Hall–Kier alpha value is -4.05. The normalized spacial score (nSPS) is 19.9. The molecule has 0 radical (unpaired) electrons. The molecular weight excluding hydrogens is 463 g/mol. The number of amides is 1. The highest BCUT2D eigenvalue weighted by atomic mass is 19.1. The quantitative estimate of drug-likeness (QED) is 0.422. The van der Waals surface area contributed by atoms with Crippen LogP contribution in [0.1, 0.15) is 30.5 Å². The first-order valence-corrected chi connectivity index (χ1v) is 11.8. The lowest BCUT2D eigenvalue weighted by atomic mass is 9.88. The van der Waals surface area contributed by atoms with E-state index >= 15 is 0 Å². The second-order valence-electron chi connectivity index (χ2n) is 9.10. The van der Waals surface area contributed by atoms with E-state index in [4.69, 9.17) is 4.74 Å². The second-order valence-corrected chi connectivity index (χ2v) is 9.10. The molecule has 9 nitrogen and oxygen atoms in total. The van der Waals surface area contributed by atoms with Crippen LogP contribution in [0.5, 0.6) is 0 Å². The van der Waals surface area contributed by atoms with Crippen LogP contribution in [0.2, 0.25) is 0 Å². The van der Waals surface area contributed by atoms with Gasteiger partial charge in [-0.2, -0.15) is 0 Å². The van der Waals surface area contributed by atoms with Gasteiger partial charge >= 0.3 is 6.09 Å². The van der Waals surface area contributed by atoms with E-state index in [1.807, 2.05) is 30.3 Å². The molecule has 5 rings (SSSR count). The molecule has 10 heteroatoms. The third kappa shape index (κ3) is 4.85. The second kappa shape index (κ2) is 9.90. The maximum Gasteiger partial charge on any atom is 0.410 e. The van der Waals surface area contributed by atoms with E-state index < -0.39 is 17.7 Å². The zero-order chi connectivity index (χ0) is 25.1. The Balaban J connectivity index is 1.34. The fourth-order valence-corrected chi connectivity index (χ4v) is 4.42. The molecule has 0 aliphatic carbocycles. The van der Waals surface area contributed by atoms with Crippen LogP contribution in [0.3, 0.4) is 0 Å². The lowest BCUT2D eigenvalue weighted by molar-refractivity contribution is -0.0476. The van der Waals surface area contributed by atoms with Gasteiger partial charge in [0.1, 0.15) is 24.3 Å². The number of ether oxygens (including phenoxy) is 1. The molecule has 2 atom stereocenters. The summed E-state index contributed by atoms with van der Waals surface area (Å²) in [5, 5.41) is 14.3. The molecule has 1 aliphatic rings. The number of nitrogens with one attached hydrogen (secondary N) is 1. The summed E-state index contributed by atoms with van der Waals surface area (Å²) >= 11 is 0. The van der Waals surface area contributed by atoms with Crippen molar-refractivity contribution in [3.05, 3.63) is 84.2 Å². The third-order valence-electron chi connectivity index (χ3n) is 6.56. The molecule has 0 spiro atoms. The summed E-state index contributed by atoms with van der Waals surface area (Å²) in [5.74, 6) is 0.148. The van der Waals surface area contributed by atoms with Crippen molar-refractivity contribution < 1.29 is 19.0 Å². The Morgan fingerprint density at radius 1 is 1.17 bits per heavy atom. The molecule has 2 N–H and O–H groups in total. The number of carbonyl (C=O) groups is 1. The highest BCUT2D eigenvalue weighted by molar-refractivity contribution is 5.82. The van der Waals surface area contributed by atoms with Crippen molar-refractivity contribution in [2.24, 2.45) is 0 Å². The highest BCUT2D eigenvalue weighted by Crippen LogP contribution is 2.34. The summed E-state index contributed by atoms with van der Waals surface area (Å²) in [6, 6.07) is 15.5. The summed E-state index contributed by atoms with van der Waals surface area (Å²) in [4.78, 5) is 27.5. The molecule has 4 aromatic rings. The Labute approximate surface area is 207 Å². The number of hydrogen-bond acceptors (Lipinski definition) is 7. The molecule has 1 fully saturated rings. The van der Waals surface area contributed by atoms with E-state index in [-0.39, 0.29) is 25.5 Å². The first-order valence-electron chi connectivity index (χ1n) is 11.8. The molecule has 3 heterocycles. The van der Waals surface area contributed by atoms with Gasteiger partial charge in [-0.1, -0.05) is 48.5 Å². The lowest BCUT2D eigenvalue weighted by Gasteiger charge is -2.42. The van der Waals surface area contributed by atoms with Crippen LogP contribution in [0.4, 0.5) is 15.0 Å². The van der Waals surface area contributed by atoms with Crippen molar-refractivity contribution in [1.29, 1.82) is 0 Å². The summed E-state index contributed by atoms with van der Waals surface area (Å²) in [7, 11) is 0. The fraction of sp³-hybridized carbons (Fsp3) is 0.308. The first-order chi connectivity index (χ1) is 17.4. The number of benzene rings is 2.